The third kappa shape index (κ3) is 5.15. The van der Waals surface area contributed by atoms with Crippen LogP contribution in [0.2, 0.25) is 0 Å². The zero-order valence-electron chi connectivity index (χ0n) is 10.8. The van der Waals surface area contributed by atoms with E-state index < -0.39 is 18.2 Å². The first-order valence-electron chi connectivity index (χ1n) is 5.70. The van der Waals surface area contributed by atoms with Crippen LogP contribution in [0, 0.1) is 5.92 Å². The number of hydrogen-bond acceptors (Lipinski definition) is 3. The summed E-state index contributed by atoms with van der Waals surface area (Å²) in [4.78, 5) is 10.6. The van der Waals surface area contributed by atoms with Gasteiger partial charge in [-0.1, -0.05) is 19.1 Å². The van der Waals surface area contributed by atoms with Crippen molar-refractivity contribution in [1.29, 1.82) is 0 Å². The summed E-state index contributed by atoms with van der Waals surface area (Å²) < 4.78 is 0. The summed E-state index contributed by atoms with van der Waals surface area (Å²) in [6, 6.07) is 0. The van der Waals surface area contributed by atoms with Crippen LogP contribution in [0.4, 0.5) is 0 Å². The first-order chi connectivity index (χ1) is 7.81. The fraction of sp³-hybridized carbons (Fsp3) is 0.615. The summed E-state index contributed by atoms with van der Waals surface area (Å²) >= 11 is 0. The van der Waals surface area contributed by atoms with E-state index >= 15 is 0 Å². The Morgan fingerprint density at radius 3 is 2.24 bits per heavy atom. The van der Waals surface area contributed by atoms with Gasteiger partial charge in [-0.05, 0) is 32.8 Å². The zero-order chi connectivity index (χ0) is 13.6. The molecule has 0 spiro atoms. The number of aliphatic hydroxyl groups is 2. The molecule has 0 heterocycles. The molecule has 4 nitrogen and oxygen atoms in total. The largest absolute Gasteiger partial charge is 0.478 e. The average molecular weight is 242 g/mol. The third-order valence-electron chi connectivity index (χ3n) is 3.03. The van der Waals surface area contributed by atoms with E-state index in [9.17, 15) is 15.0 Å². The highest BCUT2D eigenvalue weighted by atomic mass is 16.4. The molecule has 3 unspecified atom stereocenters. The zero-order valence-corrected chi connectivity index (χ0v) is 10.8. The molecule has 17 heavy (non-hydrogen) atoms. The lowest BCUT2D eigenvalue weighted by Crippen LogP contribution is -2.30. The third-order valence-corrected chi connectivity index (χ3v) is 3.03. The van der Waals surface area contributed by atoms with Crippen molar-refractivity contribution in [3.05, 3.63) is 23.3 Å². The molecule has 0 aromatic carbocycles. The molecule has 0 saturated carbocycles. The second-order valence-corrected chi connectivity index (χ2v) is 4.33. The van der Waals surface area contributed by atoms with Gasteiger partial charge in [0, 0.05) is 11.5 Å². The number of rotatable bonds is 6. The molecule has 0 saturated heterocycles. The highest BCUT2D eigenvalue weighted by molar-refractivity contribution is 5.85. The van der Waals surface area contributed by atoms with Crippen molar-refractivity contribution in [1.82, 2.24) is 0 Å². The van der Waals surface area contributed by atoms with Crippen molar-refractivity contribution >= 4 is 5.97 Å². The van der Waals surface area contributed by atoms with Crippen LogP contribution in [0.15, 0.2) is 23.3 Å². The van der Waals surface area contributed by atoms with Crippen LogP contribution < -0.4 is 0 Å². The summed E-state index contributed by atoms with van der Waals surface area (Å²) in [6.45, 7) is 6.85. The molecule has 0 radical (unpaired) electrons. The van der Waals surface area contributed by atoms with Crippen LogP contribution in [-0.4, -0.2) is 33.5 Å². The van der Waals surface area contributed by atoms with Gasteiger partial charge in [0.15, 0.2) is 0 Å². The number of allylic oxidation sites excluding steroid dienone is 1. The van der Waals surface area contributed by atoms with Gasteiger partial charge in [-0.25, -0.2) is 4.79 Å². The Morgan fingerprint density at radius 1 is 1.29 bits per heavy atom. The van der Waals surface area contributed by atoms with Gasteiger partial charge in [0.1, 0.15) is 0 Å². The Kier molecular flexibility index (Phi) is 6.76. The molecule has 0 fully saturated rings. The number of hydrogen-bond donors (Lipinski definition) is 3. The van der Waals surface area contributed by atoms with Gasteiger partial charge in [-0.2, -0.15) is 0 Å². The predicted molar refractivity (Wildman–Crippen MR) is 66.6 cm³/mol. The molecule has 3 atom stereocenters. The molecule has 0 aliphatic rings. The Balaban J connectivity index is 4.47. The van der Waals surface area contributed by atoms with Crippen molar-refractivity contribution in [2.75, 3.05) is 0 Å². The maximum Gasteiger partial charge on any atom is 0.330 e. The Bertz CT molecular complexity index is 317. The van der Waals surface area contributed by atoms with Crippen molar-refractivity contribution < 1.29 is 20.1 Å². The smallest absolute Gasteiger partial charge is 0.330 e. The molecule has 0 aliphatic carbocycles. The van der Waals surface area contributed by atoms with Gasteiger partial charge in [-0.15, -0.1) is 0 Å². The molecule has 3 N–H and O–H groups in total. The topological polar surface area (TPSA) is 77.8 Å². The normalized spacial score (nSPS) is 18.7. The summed E-state index contributed by atoms with van der Waals surface area (Å²) in [5.74, 6) is -1.32. The maximum atomic E-state index is 10.6. The molecule has 0 aliphatic heterocycles. The molecule has 0 rings (SSSR count). The molecule has 4 heteroatoms. The van der Waals surface area contributed by atoms with Crippen LogP contribution in [0.1, 0.15) is 34.1 Å². The summed E-state index contributed by atoms with van der Waals surface area (Å²) in [5, 5.41) is 28.4. The molecule has 0 aromatic rings. The minimum atomic E-state index is -0.991. The molecule has 0 bridgehead atoms. The van der Waals surface area contributed by atoms with E-state index in [1.54, 1.807) is 19.9 Å². The van der Waals surface area contributed by atoms with Crippen molar-refractivity contribution in [2.45, 2.75) is 46.3 Å². The highest BCUT2D eigenvalue weighted by Crippen LogP contribution is 2.18. The maximum absolute atomic E-state index is 10.6. The predicted octanol–water partition coefficient (Wildman–Crippen LogP) is 1.73. The number of carbonyl (C=O) groups is 1. The van der Waals surface area contributed by atoms with Crippen LogP contribution in [-0.2, 0) is 4.79 Å². The van der Waals surface area contributed by atoms with Gasteiger partial charge in [-0.3, -0.25) is 0 Å². The summed E-state index contributed by atoms with van der Waals surface area (Å²) in [6.07, 6.45) is 2.04. The van der Waals surface area contributed by atoms with Crippen molar-refractivity contribution in [3.8, 4) is 0 Å². The average Bonchev–Trinajstić information content (AvgIpc) is 2.32. The van der Waals surface area contributed by atoms with Crippen LogP contribution in [0.3, 0.4) is 0 Å². The van der Waals surface area contributed by atoms with Crippen LogP contribution in [0.25, 0.3) is 0 Å². The van der Waals surface area contributed by atoms with Gasteiger partial charge in [0.2, 0.25) is 0 Å². The lowest BCUT2D eigenvalue weighted by atomic mass is 9.91. The highest BCUT2D eigenvalue weighted by Gasteiger charge is 2.22. The Labute approximate surface area is 102 Å². The molecular formula is C13H22O4. The standard InChI is InChI=1S/C13H22O4/c1-5-8(2)12(15)10(4)11(14)7-6-9(3)13(16)17/h5-6,10-12,14-15H,7H2,1-4H3,(H,16,17). The molecule has 0 aromatic heterocycles. The minimum Gasteiger partial charge on any atom is -0.478 e. The number of carboxylic acids is 1. The van der Waals surface area contributed by atoms with Gasteiger partial charge in [0.25, 0.3) is 0 Å². The second kappa shape index (κ2) is 7.25. The number of aliphatic hydroxyl groups excluding tert-OH is 2. The quantitative estimate of drug-likeness (QED) is 0.489. The fourth-order valence-corrected chi connectivity index (χ4v) is 1.40. The van der Waals surface area contributed by atoms with E-state index in [-0.39, 0.29) is 17.9 Å². The summed E-state index contributed by atoms with van der Waals surface area (Å²) in [7, 11) is 0. The van der Waals surface area contributed by atoms with Crippen molar-refractivity contribution in [2.24, 2.45) is 5.92 Å². The van der Waals surface area contributed by atoms with E-state index in [0.29, 0.717) is 0 Å². The molecule has 98 valence electrons. The van der Waals surface area contributed by atoms with Gasteiger partial charge < -0.3 is 15.3 Å². The monoisotopic (exact) mass is 242 g/mol. The van der Waals surface area contributed by atoms with E-state index in [1.165, 1.54) is 13.0 Å². The van der Waals surface area contributed by atoms with Crippen LogP contribution in [0.5, 0.6) is 0 Å². The van der Waals surface area contributed by atoms with E-state index in [2.05, 4.69) is 0 Å². The second-order valence-electron chi connectivity index (χ2n) is 4.33. The van der Waals surface area contributed by atoms with E-state index in [1.807, 2.05) is 6.92 Å². The summed E-state index contributed by atoms with van der Waals surface area (Å²) in [5.41, 5.74) is 1.00. The number of carboxylic acid groups (broad SMARTS) is 1. The van der Waals surface area contributed by atoms with E-state index in [0.717, 1.165) is 5.57 Å². The van der Waals surface area contributed by atoms with Crippen molar-refractivity contribution in [3.63, 3.8) is 0 Å². The minimum absolute atomic E-state index is 0.202. The van der Waals surface area contributed by atoms with E-state index in [4.69, 9.17) is 5.11 Å². The SMILES string of the molecule is CC=C(C)C(O)C(C)C(O)CC=C(C)C(=O)O. The fourth-order valence-electron chi connectivity index (χ4n) is 1.40. The number of aliphatic carboxylic acids is 1. The molecule has 0 amide bonds. The Hall–Kier alpha value is -1.13. The lowest BCUT2D eigenvalue weighted by molar-refractivity contribution is -0.132. The van der Waals surface area contributed by atoms with Gasteiger partial charge >= 0.3 is 5.97 Å². The first kappa shape index (κ1) is 15.9. The first-order valence-corrected chi connectivity index (χ1v) is 5.70. The lowest BCUT2D eigenvalue weighted by Gasteiger charge is -2.24. The van der Waals surface area contributed by atoms with Crippen LogP contribution >= 0.6 is 0 Å². The molecular weight excluding hydrogens is 220 g/mol. The Morgan fingerprint density at radius 2 is 1.82 bits per heavy atom. The van der Waals surface area contributed by atoms with Gasteiger partial charge in [0.05, 0.1) is 12.2 Å².